The van der Waals surface area contributed by atoms with E-state index >= 15 is 0 Å². The predicted octanol–water partition coefficient (Wildman–Crippen LogP) is 1.67. The molecule has 1 aromatic carbocycles. The molecule has 0 aromatic heterocycles. The van der Waals surface area contributed by atoms with Gasteiger partial charge in [-0.3, -0.25) is 14.4 Å². The number of carbonyl (C=O) groups excluding carboxylic acids is 2. The van der Waals surface area contributed by atoms with Crippen LogP contribution in [0.3, 0.4) is 0 Å². The summed E-state index contributed by atoms with van der Waals surface area (Å²) < 4.78 is 0. The zero-order valence-corrected chi connectivity index (χ0v) is 15.3. The summed E-state index contributed by atoms with van der Waals surface area (Å²) in [6, 6.07) is 7.18. The maximum atomic E-state index is 12.4. The van der Waals surface area contributed by atoms with Crippen LogP contribution in [0.1, 0.15) is 24.5 Å². The summed E-state index contributed by atoms with van der Waals surface area (Å²) >= 11 is 1.54. The molecule has 25 heavy (non-hydrogen) atoms. The first kappa shape index (κ1) is 19.3. The zero-order chi connectivity index (χ0) is 18.4. The summed E-state index contributed by atoms with van der Waals surface area (Å²) in [7, 11) is 0. The van der Waals surface area contributed by atoms with E-state index in [1.54, 1.807) is 11.8 Å². The van der Waals surface area contributed by atoms with Gasteiger partial charge in [0.2, 0.25) is 11.8 Å². The highest BCUT2D eigenvalue weighted by atomic mass is 32.2. The number of hydrogen-bond acceptors (Lipinski definition) is 4. The lowest BCUT2D eigenvalue weighted by Crippen LogP contribution is -2.48. The Balaban J connectivity index is 1.95. The lowest BCUT2D eigenvalue weighted by atomic mass is 9.98. The number of carboxylic acids is 1. The molecule has 1 saturated heterocycles. The van der Waals surface area contributed by atoms with Gasteiger partial charge in [0.05, 0.1) is 11.8 Å². The molecule has 0 spiro atoms. The Morgan fingerprint density at radius 1 is 1.40 bits per heavy atom. The molecule has 0 radical (unpaired) electrons. The number of nitrogens with zero attached hydrogens (tertiary/aromatic N) is 1. The molecule has 1 fully saturated rings. The normalized spacial score (nSPS) is 18.0. The Kier molecular flexibility index (Phi) is 6.87. The summed E-state index contributed by atoms with van der Waals surface area (Å²) in [6.07, 6.45) is 0.712. The highest BCUT2D eigenvalue weighted by Gasteiger charge is 2.34. The quantitative estimate of drug-likeness (QED) is 0.768. The number of amides is 2. The second-order valence-electron chi connectivity index (χ2n) is 6.21. The average Bonchev–Trinajstić information content (AvgIpc) is 3.07. The first-order valence-corrected chi connectivity index (χ1v) is 9.51. The van der Waals surface area contributed by atoms with Gasteiger partial charge in [0.1, 0.15) is 6.04 Å². The molecule has 1 aliphatic rings. The van der Waals surface area contributed by atoms with Gasteiger partial charge in [-0.15, -0.1) is 11.8 Å². The SMILES string of the molecule is CCC(=O)N1CSCC1C(=O)NCC(Cc1cccc(C)c1)C(=O)O. The molecule has 136 valence electrons. The fourth-order valence-corrected chi connectivity index (χ4v) is 4.00. The summed E-state index contributed by atoms with van der Waals surface area (Å²) in [5.41, 5.74) is 2.00. The van der Waals surface area contributed by atoms with Crippen LogP contribution in [-0.4, -0.2) is 52.0 Å². The van der Waals surface area contributed by atoms with E-state index in [2.05, 4.69) is 5.32 Å². The van der Waals surface area contributed by atoms with Crippen LogP contribution in [0.4, 0.5) is 0 Å². The highest BCUT2D eigenvalue weighted by Crippen LogP contribution is 2.22. The van der Waals surface area contributed by atoms with Crippen molar-refractivity contribution in [2.75, 3.05) is 18.2 Å². The van der Waals surface area contributed by atoms with Crippen LogP contribution < -0.4 is 5.32 Å². The molecule has 0 aliphatic carbocycles. The maximum Gasteiger partial charge on any atom is 0.308 e. The molecular weight excluding hydrogens is 340 g/mol. The number of aliphatic carboxylic acids is 1. The minimum Gasteiger partial charge on any atom is -0.481 e. The Hall–Kier alpha value is -2.02. The third kappa shape index (κ3) is 5.22. The summed E-state index contributed by atoms with van der Waals surface area (Å²) in [4.78, 5) is 37.4. The van der Waals surface area contributed by atoms with E-state index < -0.39 is 17.9 Å². The molecule has 2 atom stereocenters. The van der Waals surface area contributed by atoms with Crippen molar-refractivity contribution in [2.24, 2.45) is 5.92 Å². The summed E-state index contributed by atoms with van der Waals surface area (Å²) in [5.74, 6) is -0.912. The van der Waals surface area contributed by atoms with Crippen LogP contribution in [-0.2, 0) is 20.8 Å². The fraction of sp³-hybridized carbons (Fsp3) is 0.500. The first-order chi connectivity index (χ1) is 11.9. The Labute approximate surface area is 152 Å². The van der Waals surface area contributed by atoms with E-state index in [0.717, 1.165) is 11.1 Å². The van der Waals surface area contributed by atoms with Gasteiger partial charge in [0.15, 0.2) is 0 Å². The first-order valence-electron chi connectivity index (χ1n) is 8.35. The summed E-state index contributed by atoms with van der Waals surface area (Å²) in [6.45, 7) is 3.78. The van der Waals surface area contributed by atoms with Gasteiger partial charge >= 0.3 is 5.97 Å². The number of benzene rings is 1. The Morgan fingerprint density at radius 3 is 2.80 bits per heavy atom. The van der Waals surface area contributed by atoms with Crippen molar-refractivity contribution in [1.82, 2.24) is 10.2 Å². The topological polar surface area (TPSA) is 86.7 Å². The van der Waals surface area contributed by atoms with E-state index in [9.17, 15) is 19.5 Å². The highest BCUT2D eigenvalue weighted by molar-refractivity contribution is 7.99. The van der Waals surface area contributed by atoms with Crippen molar-refractivity contribution < 1.29 is 19.5 Å². The number of carboxylic acid groups (broad SMARTS) is 1. The van der Waals surface area contributed by atoms with E-state index in [1.807, 2.05) is 31.2 Å². The minimum absolute atomic E-state index is 0.0530. The molecule has 2 amide bonds. The monoisotopic (exact) mass is 364 g/mol. The van der Waals surface area contributed by atoms with E-state index in [4.69, 9.17) is 0 Å². The largest absolute Gasteiger partial charge is 0.481 e. The van der Waals surface area contributed by atoms with Gasteiger partial charge in [-0.25, -0.2) is 0 Å². The average molecular weight is 364 g/mol. The van der Waals surface area contributed by atoms with E-state index in [0.29, 0.717) is 24.5 Å². The zero-order valence-electron chi connectivity index (χ0n) is 14.5. The Morgan fingerprint density at radius 2 is 2.16 bits per heavy atom. The molecule has 2 unspecified atom stereocenters. The third-order valence-electron chi connectivity index (χ3n) is 4.24. The van der Waals surface area contributed by atoms with Gasteiger partial charge < -0.3 is 15.3 Å². The van der Waals surface area contributed by atoms with Crippen molar-refractivity contribution >= 4 is 29.5 Å². The van der Waals surface area contributed by atoms with Crippen LogP contribution >= 0.6 is 11.8 Å². The minimum atomic E-state index is -0.941. The van der Waals surface area contributed by atoms with E-state index in [-0.39, 0.29) is 18.4 Å². The second kappa shape index (κ2) is 8.89. The lowest BCUT2D eigenvalue weighted by Gasteiger charge is -2.23. The molecule has 2 N–H and O–H groups in total. The predicted molar refractivity (Wildman–Crippen MR) is 97.3 cm³/mol. The molecule has 1 heterocycles. The van der Waals surface area contributed by atoms with Crippen molar-refractivity contribution in [3.63, 3.8) is 0 Å². The van der Waals surface area contributed by atoms with Crippen LogP contribution in [0, 0.1) is 12.8 Å². The third-order valence-corrected chi connectivity index (χ3v) is 5.26. The van der Waals surface area contributed by atoms with Crippen molar-refractivity contribution in [2.45, 2.75) is 32.7 Å². The van der Waals surface area contributed by atoms with Gasteiger partial charge in [-0.2, -0.15) is 0 Å². The van der Waals surface area contributed by atoms with E-state index in [1.165, 1.54) is 11.8 Å². The fourth-order valence-electron chi connectivity index (χ4n) is 2.82. The second-order valence-corrected chi connectivity index (χ2v) is 7.21. The molecule has 0 bridgehead atoms. The number of hydrogen-bond donors (Lipinski definition) is 2. The van der Waals surface area contributed by atoms with Crippen molar-refractivity contribution in [1.29, 1.82) is 0 Å². The van der Waals surface area contributed by atoms with Gasteiger partial charge in [0, 0.05) is 18.7 Å². The molecule has 1 aliphatic heterocycles. The molecular formula is C18H24N2O4S. The van der Waals surface area contributed by atoms with Crippen molar-refractivity contribution in [3.8, 4) is 0 Å². The number of nitrogens with one attached hydrogen (secondary N) is 1. The van der Waals surface area contributed by atoms with Crippen LogP contribution in [0.5, 0.6) is 0 Å². The van der Waals surface area contributed by atoms with Crippen LogP contribution in [0.2, 0.25) is 0 Å². The van der Waals surface area contributed by atoms with Crippen LogP contribution in [0.25, 0.3) is 0 Å². The number of thioether (sulfide) groups is 1. The van der Waals surface area contributed by atoms with Crippen LogP contribution in [0.15, 0.2) is 24.3 Å². The van der Waals surface area contributed by atoms with Gasteiger partial charge in [-0.1, -0.05) is 36.8 Å². The number of rotatable bonds is 7. The molecule has 6 nitrogen and oxygen atoms in total. The molecule has 1 aromatic rings. The lowest BCUT2D eigenvalue weighted by molar-refractivity contribution is -0.142. The van der Waals surface area contributed by atoms with Gasteiger partial charge in [0.25, 0.3) is 0 Å². The standard InChI is InChI=1S/C18H24N2O4S/c1-3-16(21)20-11-25-10-15(20)17(22)19-9-14(18(23)24)8-13-6-4-5-12(2)7-13/h4-7,14-15H,3,8-11H2,1-2H3,(H,19,22)(H,23,24). The smallest absolute Gasteiger partial charge is 0.308 e. The van der Waals surface area contributed by atoms with Gasteiger partial charge in [-0.05, 0) is 18.9 Å². The molecule has 7 heteroatoms. The number of carbonyl (C=O) groups is 3. The maximum absolute atomic E-state index is 12.4. The van der Waals surface area contributed by atoms with Crippen molar-refractivity contribution in [3.05, 3.63) is 35.4 Å². The summed E-state index contributed by atoms with van der Waals surface area (Å²) in [5, 5.41) is 12.2. The number of aryl methyl sites for hydroxylation is 1. The molecule has 2 rings (SSSR count). The molecule has 0 saturated carbocycles. The Bertz CT molecular complexity index is 650.